The minimum absolute atomic E-state index is 0.238. The summed E-state index contributed by atoms with van der Waals surface area (Å²) in [6.45, 7) is 0. The van der Waals surface area contributed by atoms with Crippen molar-refractivity contribution in [2.45, 2.75) is 12.5 Å². The molecule has 0 aliphatic carbocycles. The molecule has 18 heavy (non-hydrogen) atoms. The van der Waals surface area contributed by atoms with Crippen LogP contribution >= 0.6 is 23.2 Å². The van der Waals surface area contributed by atoms with E-state index in [4.69, 9.17) is 23.2 Å². The second kappa shape index (κ2) is 6.24. The van der Waals surface area contributed by atoms with E-state index >= 15 is 0 Å². The lowest BCUT2D eigenvalue weighted by molar-refractivity contribution is 0.592. The Labute approximate surface area is 118 Å². The molecule has 0 spiro atoms. The Balaban J connectivity index is 2.20. The quantitative estimate of drug-likeness (QED) is 0.869. The molecule has 1 unspecified atom stereocenters. The Bertz CT molecular complexity index is 511. The van der Waals surface area contributed by atoms with Gasteiger partial charge < -0.3 is 5.32 Å². The molecule has 0 heterocycles. The summed E-state index contributed by atoms with van der Waals surface area (Å²) < 4.78 is 0. The van der Waals surface area contributed by atoms with Crippen LogP contribution < -0.4 is 5.32 Å². The second-order valence-corrected chi connectivity index (χ2v) is 5.02. The Hall–Kier alpha value is -1.02. The average Bonchev–Trinajstić information content (AvgIpc) is 2.40. The summed E-state index contributed by atoms with van der Waals surface area (Å²) >= 11 is 12.0. The van der Waals surface area contributed by atoms with Gasteiger partial charge in [-0.25, -0.2) is 0 Å². The van der Waals surface area contributed by atoms with E-state index in [1.54, 1.807) is 0 Å². The molecule has 0 fully saturated rings. The van der Waals surface area contributed by atoms with Crippen molar-refractivity contribution in [1.29, 1.82) is 0 Å². The highest BCUT2D eigenvalue weighted by Gasteiger charge is 2.11. The van der Waals surface area contributed by atoms with E-state index in [-0.39, 0.29) is 6.04 Å². The summed E-state index contributed by atoms with van der Waals surface area (Å²) in [4.78, 5) is 0. The van der Waals surface area contributed by atoms with Crippen molar-refractivity contribution >= 4 is 23.2 Å². The van der Waals surface area contributed by atoms with Crippen LogP contribution in [-0.2, 0) is 6.42 Å². The molecule has 0 amide bonds. The zero-order chi connectivity index (χ0) is 13.0. The molecule has 1 nitrogen and oxygen atoms in total. The van der Waals surface area contributed by atoms with Crippen LogP contribution in [0.3, 0.4) is 0 Å². The van der Waals surface area contributed by atoms with E-state index < -0.39 is 0 Å². The number of hydrogen-bond donors (Lipinski definition) is 1. The standard InChI is InChI=1S/C15H15Cl2N/c1-18-15(9-11-5-3-2-4-6-11)12-7-8-13(16)14(17)10-12/h2-8,10,15,18H,9H2,1H3. The van der Waals surface area contributed by atoms with Gasteiger partial charge in [0.15, 0.2) is 0 Å². The fourth-order valence-corrected chi connectivity index (χ4v) is 2.27. The average molecular weight is 280 g/mol. The molecule has 0 aliphatic heterocycles. The lowest BCUT2D eigenvalue weighted by atomic mass is 9.99. The second-order valence-electron chi connectivity index (χ2n) is 4.20. The molecule has 2 aromatic rings. The molecule has 1 N–H and O–H groups in total. The molecule has 1 atom stereocenters. The van der Waals surface area contributed by atoms with E-state index in [1.165, 1.54) is 5.56 Å². The molecular formula is C15H15Cl2N. The maximum atomic E-state index is 6.06. The van der Waals surface area contributed by atoms with Crippen LogP contribution in [0.25, 0.3) is 0 Å². The Morgan fingerprint density at radius 3 is 2.33 bits per heavy atom. The number of likely N-dealkylation sites (N-methyl/N-ethyl adjacent to an activating group) is 1. The minimum atomic E-state index is 0.238. The van der Waals surface area contributed by atoms with E-state index in [0.29, 0.717) is 10.0 Å². The highest BCUT2D eigenvalue weighted by molar-refractivity contribution is 6.42. The van der Waals surface area contributed by atoms with Crippen molar-refractivity contribution in [3.8, 4) is 0 Å². The van der Waals surface area contributed by atoms with Gasteiger partial charge in [-0.1, -0.05) is 59.6 Å². The van der Waals surface area contributed by atoms with Crippen LogP contribution in [0.15, 0.2) is 48.5 Å². The predicted octanol–water partition coefficient (Wildman–Crippen LogP) is 4.50. The van der Waals surface area contributed by atoms with Gasteiger partial charge in [0.05, 0.1) is 10.0 Å². The summed E-state index contributed by atoms with van der Waals surface area (Å²) in [7, 11) is 1.95. The van der Waals surface area contributed by atoms with Crippen LogP contribution in [0.2, 0.25) is 10.0 Å². The molecule has 0 saturated carbocycles. The molecule has 0 radical (unpaired) electrons. The van der Waals surface area contributed by atoms with Crippen molar-refractivity contribution in [2.75, 3.05) is 7.05 Å². The summed E-state index contributed by atoms with van der Waals surface area (Å²) in [5.41, 5.74) is 2.44. The van der Waals surface area contributed by atoms with Gasteiger partial charge in [-0.2, -0.15) is 0 Å². The van der Waals surface area contributed by atoms with Crippen molar-refractivity contribution in [2.24, 2.45) is 0 Å². The fraction of sp³-hybridized carbons (Fsp3) is 0.200. The van der Waals surface area contributed by atoms with Crippen molar-refractivity contribution in [3.05, 3.63) is 69.7 Å². The molecule has 0 aromatic heterocycles. The first-order valence-electron chi connectivity index (χ1n) is 5.87. The summed E-state index contributed by atoms with van der Waals surface area (Å²) in [5, 5.41) is 4.50. The number of nitrogens with one attached hydrogen (secondary N) is 1. The van der Waals surface area contributed by atoms with Crippen LogP contribution in [0.1, 0.15) is 17.2 Å². The largest absolute Gasteiger partial charge is 0.313 e. The molecule has 0 aliphatic rings. The number of hydrogen-bond acceptors (Lipinski definition) is 1. The number of benzene rings is 2. The van der Waals surface area contributed by atoms with Crippen LogP contribution in [0, 0.1) is 0 Å². The zero-order valence-corrected chi connectivity index (χ0v) is 11.7. The molecular weight excluding hydrogens is 265 g/mol. The van der Waals surface area contributed by atoms with Gasteiger partial charge in [-0.15, -0.1) is 0 Å². The number of halogens is 2. The lowest BCUT2D eigenvalue weighted by Gasteiger charge is -2.17. The van der Waals surface area contributed by atoms with Gasteiger partial charge in [0.2, 0.25) is 0 Å². The zero-order valence-electron chi connectivity index (χ0n) is 10.2. The van der Waals surface area contributed by atoms with E-state index in [2.05, 4.69) is 29.6 Å². The lowest BCUT2D eigenvalue weighted by Crippen LogP contribution is -2.18. The van der Waals surface area contributed by atoms with E-state index in [9.17, 15) is 0 Å². The third kappa shape index (κ3) is 3.26. The van der Waals surface area contributed by atoms with Gasteiger partial charge >= 0.3 is 0 Å². The number of rotatable bonds is 4. The summed E-state index contributed by atoms with van der Waals surface area (Å²) in [6.07, 6.45) is 0.926. The first kappa shape index (κ1) is 13.4. The normalized spacial score (nSPS) is 12.4. The Morgan fingerprint density at radius 1 is 1.00 bits per heavy atom. The molecule has 2 rings (SSSR count). The third-order valence-corrected chi connectivity index (χ3v) is 3.72. The first-order valence-corrected chi connectivity index (χ1v) is 6.62. The van der Waals surface area contributed by atoms with Gasteiger partial charge in [0.25, 0.3) is 0 Å². The molecule has 2 aromatic carbocycles. The monoisotopic (exact) mass is 279 g/mol. The van der Waals surface area contributed by atoms with E-state index in [1.807, 2.05) is 31.3 Å². The van der Waals surface area contributed by atoms with Crippen molar-refractivity contribution in [1.82, 2.24) is 5.32 Å². The highest BCUT2D eigenvalue weighted by Crippen LogP contribution is 2.27. The summed E-state index contributed by atoms with van der Waals surface area (Å²) in [5.74, 6) is 0. The Morgan fingerprint density at radius 2 is 1.72 bits per heavy atom. The maximum absolute atomic E-state index is 6.06. The molecule has 94 valence electrons. The van der Waals surface area contributed by atoms with Crippen LogP contribution in [0.4, 0.5) is 0 Å². The minimum Gasteiger partial charge on any atom is -0.313 e. The fourth-order valence-electron chi connectivity index (χ4n) is 1.97. The van der Waals surface area contributed by atoms with Crippen molar-refractivity contribution < 1.29 is 0 Å². The molecule has 0 saturated heterocycles. The van der Waals surface area contributed by atoms with Crippen LogP contribution in [-0.4, -0.2) is 7.05 Å². The van der Waals surface area contributed by atoms with Gasteiger partial charge in [-0.3, -0.25) is 0 Å². The highest BCUT2D eigenvalue weighted by atomic mass is 35.5. The maximum Gasteiger partial charge on any atom is 0.0595 e. The SMILES string of the molecule is CNC(Cc1ccccc1)c1ccc(Cl)c(Cl)c1. The van der Waals surface area contributed by atoms with Crippen LogP contribution in [0.5, 0.6) is 0 Å². The van der Waals surface area contributed by atoms with Gasteiger partial charge in [-0.05, 0) is 36.7 Å². The topological polar surface area (TPSA) is 12.0 Å². The third-order valence-electron chi connectivity index (χ3n) is 2.98. The van der Waals surface area contributed by atoms with Gasteiger partial charge in [0.1, 0.15) is 0 Å². The summed E-state index contributed by atoms with van der Waals surface area (Å²) in [6, 6.07) is 16.4. The van der Waals surface area contributed by atoms with Gasteiger partial charge in [0, 0.05) is 6.04 Å². The van der Waals surface area contributed by atoms with E-state index in [0.717, 1.165) is 12.0 Å². The smallest absolute Gasteiger partial charge is 0.0595 e. The Kier molecular flexibility index (Phi) is 4.65. The van der Waals surface area contributed by atoms with Crippen molar-refractivity contribution in [3.63, 3.8) is 0 Å². The predicted molar refractivity (Wildman–Crippen MR) is 78.4 cm³/mol. The first-order chi connectivity index (χ1) is 8.70. The molecule has 0 bridgehead atoms. The molecule has 3 heteroatoms.